The quantitative estimate of drug-likeness (QED) is 0.531. The highest BCUT2D eigenvalue weighted by Crippen LogP contribution is 2.37. The molecule has 0 radical (unpaired) electrons. The zero-order chi connectivity index (χ0) is 20.8. The molecular formula is C20H23N5O4. The number of aromatic amines is 1. The van der Waals surface area contributed by atoms with Gasteiger partial charge in [-0.15, -0.1) is 10.2 Å². The standard InChI is InChI=1S/C20H23N5O4/c1-12(2)28-7-8-29-18-11-15(13-5-4-6-14(9-13)27-3)16(10-17(18)19(21)26)20-22-24-25-23-20/h4-6,9-12H,7-8H2,1-3H3,(H2,21,26)(H,22,23,24,25). The van der Waals surface area contributed by atoms with Crippen LogP contribution in [0.25, 0.3) is 22.5 Å². The van der Waals surface area contributed by atoms with Crippen LogP contribution in [0.4, 0.5) is 0 Å². The number of nitrogens with one attached hydrogen (secondary N) is 1. The van der Waals surface area contributed by atoms with Crippen LogP contribution < -0.4 is 15.2 Å². The van der Waals surface area contributed by atoms with Gasteiger partial charge in [-0.25, -0.2) is 0 Å². The second-order valence-corrected chi connectivity index (χ2v) is 6.49. The van der Waals surface area contributed by atoms with Gasteiger partial charge in [0.05, 0.1) is 25.4 Å². The Labute approximate surface area is 168 Å². The Morgan fingerprint density at radius 2 is 2.00 bits per heavy atom. The molecule has 2 aromatic carbocycles. The molecule has 0 saturated heterocycles. The van der Waals surface area contributed by atoms with Crippen molar-refractivity contribution in [3.8, 4) is 34.0 Å². The fraction of sp³-hybridized carbons (Fsp3) is 0.300. The van der Waals surface area contributed by atoms with Gasteiger partial charge in [0.2, 0.25) is 5.82 Å². The number of hydrogen-bond acceptors (Lipinski definition) is 7. The van der Waals surface area contributed by atoms with E-state index < -0.39 is 5.91 Å². The van der Waals surface area contributed by atoms with Crippen molar-refractivity contribution in [3.63, 3.8) is 0 Å². The average molecular weight is 397 g/mol. The van der Waals surface area contributed by atoms with Crippen LogP contribution in [0.5, 0.6) is 11.5 Å². The molecule has 0 unspecified atom stereocenters. The van der Waals surface area contributed by atoms with Crippen molar-refractivity contribution in [2.24, 2.45) is 5.73 Å². The number of benzene rings is 2. The Morgan fingerprint density at radius 3 is 2.66 bits per heavy atom. The van der Waals surface area contributed by atoms with E-state index in [4.69, 9.17) is 19.9 Å². The van der Waals surface area contributed by atoms with E-state index in [-0.39, 0.29) is 18.3 Å². The van der Waals surface area contributed by atoms with Crippen molar-refractivity contribution in [2.75, 3.05) is 20.3 Å². The third kappa shape index (κ3) is 4.88. The highest BCUT2D eigenvalue weighted by molar-refractivity contribution is 5.99. The molecule has 0 spiro atoms. The molecule has 0 aliphatic carbocycles. The monoisotopic (exact) mass is 397 g/mol. The first kappa shape index (κ1) is 20.3. The molecule has 0 atom stereocenters. The number of methoxy groups -OCH3 is 1. The summed E-state index contributed by atoms with van der Waals surface area (Å²) >= 11 is 0. The number of carbonyl (C=O) groups is 1. The summed E-state index contributed by atoms with van der Waals surface area (Å²) in [7, 11) is 1.60. The molecule has 9 nitrogen and oxygen atoms in total. The minimum Gasteiger partial charge on any atom is -0.497 e. The Hall–Kier alpha value is -3.46. The number of H-pyrrole nitrogens is 1. The zero-order valence-electron chi connectivity index (χ0n) is 16.5. The highest BCUT2D eigenvalue weighted by atomic mass is 16.5. The maximum absolute atomic E-state index is 12.1. The van der Waals surface area contributed by atoms with Crippen molar-refractivity contribution in [1.82, 2.24) is 20.6 Å². The number of ether oxygens (including phenoxy) is 3. The number of amides is 1. The van der Waals surface area contributed by atoms with Gasteiger partial charge in [-0.05, 0) is 54.5 Å². The summed E-state index contributed by atoms with van der Waals surface area (Å²) in [6.07, 6.45) is 0.0853. The molecule has 1 heterocycles. The lowest BCUT2D eigenvalue weighted by Crippen LogP contribution is -2.16. The van der Waals surface area contributed by atoms with Crippen LogP contribution in [0, 0.1) is 0 Å². The number of hydrogen-bond donors (Lipinski definition) is 2. The van der Waals surface area contributed by atoms with Gasteiger partial charge < -0.3 is 19.9 Å². The molecule has 0 aliphatic rings. The lowest BCUT2D eigenvalue weighted by molar-refractivity contribution is 0.0549. The van der Waals surface area contributed by atoms with Gasteiger partial charge in [0, 0.05) is 5.56 Å². The summed E-state index contributed by atoms with van der Waals surface area (Å²) in [4.78, 5) is 12.1. The van der Waals surface area contributed by atoms with Crippen LogP contribution in [0.2, 0.25) is 0 Å². The summed E-state index contributed by atoms with van der Waals surface area (Å²) in [6, 6.07) is 10.9. The lowest BCUT2D eigenvalue weighted by Gasteiger charge is -2.16. The second-order valence-electron chi connectivity index (χ2n) is 6.49. The van der Waals surface area contributed by atoms with Crippen LogP contribution in [0.1, 0.15) is 24.2 Å². The Morgan fingerprint density at radius 1 is 1.17 bits per heavy atom. The highest BCUT2D eigenvalue weighted by Gasteiger charge is 2.20. The molecule has 0 bridgehead atoms. The topological polar surface area (TPSA) is 125 Å². The van der Waals surface area contributed by atoms with E-state index in [0.29, 0.717) is 29.5 Å². The van der Waals surface area contributed by atoms with Gasteiger partial charge in [0.15, 0.2) is 0 Å². The van der Waals surface area contributed by atoms with E-state index in [1.807, 2.05) is 38.1 Å². The Balaban J connectivity index is 2.08. The van der Waals surface area contributed by atoms with Gasteiger partial charge in [-0.3, -0.25) is 4.79 Å². The number of primary amides is 1. The third-order valence-electron chi connectivity index (χ3n) is 4.14. The molecule has 152 valence electrons. The Bertz CT molecular complexity index is 973. The molecular weight excluding hydrogens is 374 g/mol. The summed E-state index contributed by atoms with van der Waals surface area (Å²) in [5.41, 5.74) is 7.98. The molecule has 3 aromatic rings. The molecule has 0 saturated carbocycles. The van der Waals surface area contributed by atoms with Crippen molar-refractivity contribution < 1.29 is 19.0 Å². The Kier molecular flexibility index (Phi) is 6.40. The van der Waals surface area contributed by atoms with Crippen molar-refractivity contribution in [1.29, 1.82) is 0 Å². The first-order chi connectivity index (χ1) is 14.0. The van der Waals surface area contributed by atoms with Gasteiger partial charge in [0.1, 0.15) is 18.1 Å². The van der Waals surface area contributed by atoms with E-state index >= 15 is 0 Å². The summed E-state index contributed by atoms with van der Waals surface area (Å²) in [5.74, 6) is 0.759. The molecule has 3 rings (SSSR count). The smallest absolute Gasteiger partial charge is 0.252 e. The molecule has 3 N–H and O–H groups in total. The average Bonchev–Trinajstić information content (AvgIpc) is 3.25. The van der Waals surface area contributed by atoms with Crippen LogP contribution in [-0.4, -0.2) is 53.0 Å². The van der Waals surface area contributed by atoms with E-state index in [2.05, 4.69) is 20.6 Å². The number of tetrazole rings is 1. The fourth-order valence-corrected chi connectivity index (χ4v) is 2.82. The number of aromatic nitrogens is 4. The molecule has 1 amide bonds. The van der Waals surface area contributed by atoms with Gasteiger partial charge in [0.25, 0.3) is 5.91 Å². The number of nitrogens with two attached hydrogens (primary N) is 1. The van der Waals surface area contributed by atoms with E-state index in [1.54, 1.807) is 19.2 Å². The van der Waals surface area contributed by atoms with Gasteiger partial charge >= 0.3 is 0 Å². The van der Waals surface area contributed by atoms with Crippen LogP contribution >= 0.6 is 0 Å². The van der Waals surface area contributed by atoms with E-state index in [1.165, 1.54) is 0 Å². The van der Waals surface area contributed by atoms with E-state index in [0.717, 1.165) is 11.1 Å². The molecule has 1 aromatic heterocycles. The maximum Gasteiger partial charge on any atom is 0.252 e. The summed E-state index contributed by atoms with van der Waals surface area (Å²) in [6.45, 7) is 4.54. The lowest BCUT2D eigenvalue weighted by atomic mass is 9.95. The second kappa shape index (κ2) is 9.16. The molecule has 29 heavy (non-hydrogen) atoms. The third-order valence-corrected chi connectivity index (χ3v) is 4.14. The van der Waals surface area contributed by atoms with Gasteiger partial charge in [-0.2, -0.15) is 5.21 Å². The first-order valence-corrected chi connectivity index (χ1v) is 9.10. The van der Waals surface area contributed by atoms with Crippen molar-refractivity contribution >= 4 is 5.91 Å². The number of rotatable bonds is 9. The molecule has 9 heteroatoms. The molecule has 0 fully saturated rings. The SMILES string of the molecule is COc1cccc(-c2cc(OCCOC(C)C)c(C(N)=O)cc2-c2nn[nH]n2)c1. The van der Waals surface area contributed by atoms with Gasteiger partial charge in [-0.1, -0.05) is 12.1 Å². The number of carbonyl (C=O) groups excluding carboxylic acids is 1. The fourth-order valence-electron chi connectivity index (χ4n) is 2.82. The largest absolute Gasteiger partial charge is 0.497 e. The van der Waals surface area contributed by atoms with Crippen molar-refractivity contribution in [2.45, 2.75) is 20.0 Å². The molecule has 0 aliphatic heterocycles. The van der Waals surface area contributed by atoms with Crippen LogP contribution in [0.3, 0.4) is 0 Å². The summed E-state index contributed by atoms with van der Waals surface area (Å²) in [5, 5.41) is 14.1. The predicted octanol–water partition coefficient (Wildman–Crippen LogP) is 2.44. The zero-order valence-corrected chi connectivity index (χ0v) is 16.5. The predicted molar refractivity (Wildman–Crippen MR) is 107 cm³/mol. The first-order valence-electron chi connectivity index (χ1n) is 9.10. The van der Waals surface area contributed by atoms with Crippen LogP contribution in [0.15, 0.2) is 36.4 Å². The summed E-state index contributed by atoms with van der Waals surface area (Å²) < 4.78 is 16.6. The van der Waals surface area contributed by atoms with Crippen LogP contribution in [-0.2, 0) is 4.74 Å². The van der Waals surface area contributed by atoms with Crippen molar-refractivity contribution in [3.05, 3.63) is 42.0 Å². The minimum absolute atomic E-state index is 0.0853. The number of nitrogens with zero attached hydrogens (tertiary/aromatic N) is 3. The van der Waals surface area contributed by atoms with E-state index in [9.17, 15) is 4.79 Å². The minimum atomic E-state index is -0.619. The normalized spacial score (nSPS) is 10.9. The maximum atomic E-state index is 12.1.